The van der Waals surface area contributed by atoms with E-state index in [1.54, 1.807) is 0 Å². The van der Waals surface area contributed by atoms with Crippen LogP contribution in [0.3, 0.4) is 0 Å². The molecule has 0 unspecified atom stereocenters. The SMILES string of the molecule is CCCCCCc1cc(C)cc(N=NC(C)=Cc2cc(CCCCCC)cc(-c3ccccc3)c2)c1. The van der Waals surface area contributed by atoms with E-state index in [4.69, 9.17) is 0 Å². The van der Waals surface area contributed by atoms with Crippen molar-refractivity contribution in [3.63, 3.8) is 0 Å². The van der Waals surface area contributed by atoms with Gasteiger partial charge in [0.15, 0.2) is 0 Å². The maximum absolute atomic E-state index is 4.60. The van der Waals surface area contributed by atoms with Crippen LogP contribution in [0.25, 0.3) is 17.2 Å². The molecular formula is C34H44N2. The Morgan fingerprint density at radius 3 is 2.03 bits per heavy atom. The maximum Gasteiger partial charge on any atom is 0.0862 e. The highest BCUT2D eigenvalue weighted by atomic mass is 15.1. The van der Waals surface area contributed by atoms with Gasteiger partial charge in [0, 0.05) is 0 Å². The molecule has 0 radical (unpaired) electrons. The number of hydrogen-bond donors (Lipinski definition) is 0. The first-order chi connectivity index (χ1) is 17.6. The Morgan fingerprint density at radius 1 is 0.694 bits per heavy atom. The summed E-state index contributed by atoms with van der Waals surface area (Å²) in [6, 6.07) is 24.2. The number of aryl methyl sites for hydroxylation is 3. The summed E-state index contributed by atoms with van der Waals surface area (Å²) >= 11 is 0. The number of rotatable bonds is 14. The molecule has 3 aromatic rings. The molecule has 190 valence electrons. The molecule has 36 heavy (non-hydrogen) atoms. The van der Waals surface area contributed by atoms with Crippen molar-refractivity contribution in [2.24, 2.45) is 10.2 Å². The van der Waals surface area contributed by atoms with Crippen molar-refractivity contribution in [2.45, 2.75) is 91.9 Å². The fourth-order valence-corrected chi connectivity index (χ4v) is 4.70. The molecule has 0 heterocycles. The number of nitrogens with zero attached hydrogens (tertiary/aromatic N) is 2. The lowest BCUT2D eigenvalue weighted by Crippen LogP contribution is -1.90. The highest BCUT2D eigenvalue weighted by molar-refractivity contribution is 5.69. The third kappa shape index (κ3) is 9.57. The van der Waals surface area contributed by atoms with Crippen molar-refractivity contribution in [3.05, 3.63) is 94.7 Å². The van der Waals surface area contributed by atoms with E-state index in [9.17, 15) is 0 Å². The molecule has 2 nitrogen and oxygen atoms in total. The molecule has 0 aliphatic rings. The molecule has 0 saturated carbocycles. The Hall–Kier alpha value is -3.00. The average Bonchev–Trinajstić information content (AvgIpc) is 2.88. The van der Waals surface area contributed by atoms with E-state index in [0.29, 0.717) is 0 Å². The van der Waals surface area contributed by atoms with Crippen molar-refractivity contribution in [1.82, 2.24) is 0 Å². The van der Waals surface area contributed by atoms with Gasteiger partial charge in [0.2, 0.25) is 0 Å². The van der Waals surface area contributed by atoms with Crippen LogP contribution in [-0.2, 0) is 12.8 Å². The minimum atomic E-state index is 0.920. The fourth-order valence-electron chi connectivity index (χ4n) is 4.70. The Balaban J connectivity index is 1.78. The minimum absolute atomic E-state index is 0.920. The van der Waals surface area contributed by atoms with Gasteiger partial charge in [-0.05, 0) is 97.2 Å². The third-order valence-electron chi connectivity index (χ3n) is 6.58. The molecule has 0 spiro atoms. The second kappa shape index (κ2) is 15.2. The Bertz CT molecular complexity index is 1130. The number of allylic oxidation sites excluding steroid dienone is 1. The van der Waals surface area contributed by atoms with Crippen LogP contribution in [0.5, 0.6) is 0 Å². The van der Waals surface area contributed by atoms with Crippen LogP contribution < -0.4 is 0 Å². The Kier molecular flexibility index (Phi) is 11.6. The molecule has 0 atom stereocenters. The first kappa shape index (κ1) is 27.6. The van der Waals surface area contributed by atoms with Gasteiger partial charge in [0.1, 0.15) is 0 Å². The molecule has 0 saturated heterocycles. The van der Waals surface area contributed by atoms with E-state index >= 15 is 0 Å². The van der Waals surface area contributed by atoms with Crippen LogP contribution in [-0.4, -0.2) is 0 Å². The smallest absolute Gasteiger partial charge is 0.0862 e. The molecule has 2 heteroatoms. The molecule has 0 aliphatic heterocycles. The lowest BCUT2D eigenvalue weighted by atomic mass is 9.96. The highest BCUT2D eigenvalue weighted by Crippen LogP contribution is 2.26. The second-order valence-corrected chi connectivity index (χ2v) is 10.1. The molecule has 0 N–H and O–H groups in total. The lowest BCUT2D eigenvalue weighted by molar-refractivity contribution is 0.667. The van der Waals surface area contributed by atoms with Crippen molar-refractivity contribution in [2.75, 3.05) is 0 Å². The molecule has 0 fully saturated rings. The molecule has 0 aliphatic carbocycles. The number of benzene rings is 3. The van der Waals surface area contributed by atoms with Gasteiger partial charge in [0.05, 0.1) is 11.4 Å². The summed E-state index contributed by atoms with van der Waals surface area (Å²) < 4.78 is 0. The van der Waals surface area contributed by atoms with Crippen molar-refractivity contribution < 1.29 is 0 Å². The lowest BCUT2D eigenvalue weighted by Gasteiger charge is -2.09. The molecule has 0 bridgehead atoms. The summed E-state index contributed by atoms with van der Waals surface area (Å²) in [5, 5.41) is 9.18. The van der Waals surface area contributed by atoms with E-state index in [1.165, 1.54) is 84.7 Å². The second-order valence-electron chi connectivity index (χ2n) is 10.1. The van der Waals surface area contributed by atoms with Gasteiger partial charge < -0.3 is 0 Å². The third-order valence-corrected chi connectivity index (χ3v) is 6.58. The van der Waals surface area contributed by atoms with Crippen LogP contribution in [0.2, 0.25) is 0 Å². The fraction of sp³-hybridized carbons (Fsp3) is 0.412. The van der Waals surface area contributed by atoms with E-state index < -0.39 is 0 Å². The Morgan fingerprint density at radius 2 is 1.36 bits per heavy atom. The molecule has 0 aromatic heterocycles. The first-order valence-corrected chi connectivity index (χ1v) is 14.0. The summed E-state index contributed by atoms with van der Waals surface area (Å²) in [7, 11) is 0. The highest BCUT2D eigenvalue weighted by Gasteiger charge is 2.04. The summed E-state index contributed by atoms with van der Waals surface area (Å²) in [5.41, 5.74) is 9.60. The van der Waals surface area contributed by atoms with Gasteiger partial charge >= 0.3 is 0 Å². The van der Waals surface area contributed by atoms with Gasteiger partial charge in [-0.25, -0.2) is 0 Å². The zero-order valence-corrected chi connectivity index (χ0v) is 22.9. The molecule has 0 amide bonds. The van der Waals surface area contributed by atoms with E-state index in [0.717, 1.165) is 24.2 Å². The van der Waals surface area contributed by atoms with Gasteiger partial charge in [0.25, 0.3) is 0 Å². The Labute approximate surface area is 219 Å². The van der Waals surface area contributed by atoms with Crippen molar-refractivity contribution >= 4 is 11.8 Å². The minimum Gasteiger partial charge on any atom is -0.155 e. The maximum atomic E-state index is 4.60. The van der Waals surface area contributed by atoms with Crippen LogP contribution in [0.1, 0.15) is 94.4 Å². The molecular weight excluding hydrogens is 436 g/mol. The predicted octanol–water partition coefficient (Wildman–Crippen LogP) is 11.1. The number of hydrogen-bond acceptors (Lipinski definition) is 2. The molecule has 3 aromatic carbocycles. The standard InChI is InChI=1S/C34H44N2/c1-5-7-9-12-16-29-20-27(3)21-34(26-29)36-35-28(4)22-31-23-30(17-13-10-8-6-2)24-33(25-31)32-18-14-11-15-19-32/h11,14-15,18-26H,5-10,12-13,16-17H2,1-4H3. The normalized spacial score (nSPS) is 11.9. The molecule has 3 rings (SSSR count). The van der Waals surface area contributed by atoms with Crippen molar-refractivity contribution in [1.29, 1.82) is 0 Å². The quantitative estimate of drug-likeness (QED) is 0.162. The van der Waals surface area contributed by atoms with Crippen LogP contribution in [0, 0.1) is 6.92 Å². The zero-order valence-electron chi connectivity index (χ0n) is 22.9. The average molecular weight is 481 g/mol. The zero-order chi connectivity index (χ0) is 25.6. The van der Waals surface area contributed by atoms with Gasteiger partial charge in [-0.3, -0.25) is 0 Å². The summed E-state index contributed by atoms with van der Waals surface area (Å²) in [6.45, 7) is 8.71. The van der Waals surface area contributed by atoms with Crippen molar-refractivity contribution in [3.8, 4) is 11.1 Å². The largest absolute Gasteiger partial charge is 0.155 e. The monoisotopic (exact) mass is 480 g/mol. The number of azo groups is 1. The van der Waals surface area contributed by atoms with Crippen LogP contribution >= 0.6 is 0 Å². The van der Waals surface area contributed by atoms with E-state index in [1.807, 2.05) is 6.92 Å². The van der Waals surface area contributed by atoms with Gasteiger partial charge in [-0.15, -0.1) is 0 Å². The van der Waals surface area contributed by atoms with Crippen LogP contribution in [0.4, 0.5) is 5.69 Å². The summed E-state index contributed by atoms with van der Waals surface area (Å²) in [6.07, 6.45) is 14.6. The topological polar surface area (TPSA) is 24.7 Å². The number of unbranched alkanes of at least 4 members (excludes halogenated alkanes) is 6. The van der Waals surface area contributed by atoms with Crippen LogP contribution in [0.15, 0.2) is 82.7 Å². The first-order valence-electron chi connectivity index (χ1n) is 14.0. The van der Waals surface area contributed by atoms with E-state index in [-0.39, 0.29) is 0 Å². The van der Waals surface area contributed by atoms with E-state index in [2.05, 4.69) is 104 Å². The van der Waals surface area contributed by atoms with Gasteiger partial charge in [-0.2, -0.15) is 10.2 Å². The predicted molar refractivity (Wildman–Crippen MR) is 157 cm³/mol. The summed E-state index contributed by atoms with van der Waals surface area (Å²) in [5.74, 6) is 0. The summed E-state index contributed by atoms with van der Waals surface area (Å²) in [4.78, 5) is 0. The van der Waals surface area contributed by atoms with Gasteiger partial charge in [-0.1, -0.05) is 101 Å².